The van der Waals surface area contributed by atoms with Crippen LogP contribution in [0.1, 0.15) is 67.2 Å². The molecule has 6 nitrogen and oxygen atoms in total. The number of carbonyl (C=O) groups is 3. The highest BCUT2D eigenvalue weighted by atomic mass is 16.2. The van der Waals surface area contributed by atoms with Crippen LogP contribution in [0.3, 0.4) is 0 Å². The molecule has 0 radical (unpaired) electrons. The van der Waals surface area contributed by atoms with Crippen LogP contribution in [0.25, 0.3) is 0 Å². The highest BCUT2D eigenvalue weighted by Gasteiger charge is 2.39. The van der Waals surface area contributed by atoms with E-state index in [1.165, 1.54) is 6.42 Å². The van der Waals surface area contributed by atoms with Crippen molar-refractivity contribution in [3.63, 3.8) is 0 Å². The van der Waals surface area contributed by atoms with E-state index >= 15 is 0 Å². The lowest BCUT2D eigenvalue weighted by Gasteiger charge is -2.37. The summed E-state index contributed by atoms with van der Waals surface area (Å²) >= 11 is 0. The van der Waals surface area contributed by atoms with Crippen molar-refractivity contribution in [1.82, 2.24) is 16.0 Å². The predicted molar refractivity (Wildman–Crippen MR) is 178 cm³/mol. The summed E-state index contributed by atoms with van der Waals surface area (Å²) in [5.41, 5.74) is 2.76. The molecule has 4 aromatic rings. The molecule has 1 aliphatic carbocycles. The second-order valence-electron chi connectivity index (χ2n) is 12.0. The Morgan fingerprint density at radius 3 is 1.64 bits per heavy atom. The molecule has 45 heavy (non-hydrogen) atoms. The molecule has 0 saturated heterocycles. The zero-order chi connectivity index (χ0) is 31.3. The van der Waals surface area contributed by atoms with Crippen LogP contribution in [0.5, 0.6) is 0 Å². The minimum atomic E-state index is -1.01. The number of amides is 3. The molecular weight excluding hydrogens is 558 g/mol. The van der Waals surface area contributed by atoms with Gasteiger partial charge in [-0.2, -0.15) is 0 Å². The number of hydrogen-bond acceptors (Lipinski definition) is 3. The third kappa shape index (κ3) is 8.48. The van der Waals surface area contributed by atoms with Crippen LogP contribution >= 0.6 is 0 Å². The topological polar surface area (TPSA) is 87.3 Å². The summed E-state index contributed by atoms with van der Waals surface area (Å²) in [4.78, 5) is 40.9. The fourth-order valence-corrected chi connectivity index (χ4v) is 6.44. The Balaban J connectivity index is 1.39. The number of hydrogen-bond donors (Lipinski definition) is 3. The van der Waals surface area contributed by atoms with Gasteiger partial charge in [0.05, 0.1) is 6.42 Å². The Hall–Kier alpha value is -4.71. The van der Waals surface area contributed by atoms with E-state index in [-0.39, 0.29) is 24.1 Å². The predicted octanol–water partition coefficient (Wildman–Crippen LogP) is 6.30. The number of benzene rings is 4. The maximum atomic E-state index is 14.1. The highest BCUT2D eigenvalue weighted by Crippen LogP contribution is 2.37. The zero-order valence-corrected chi connectivity index (χ0v) is 25.8. The molecule has 5 rings (SSSR count). The second-order valence-corrected chi connectivity index (χ2v) is 12.0. The molecule has 0 aliphatic heterocycles. The fraction of sp³-hybridized carbons (Fsp3) is 0.308. The van der Waals surface area contributed by atoms with Crippen molar-refractivity contribution in [2.75, 3.05) is 6.54 Å². The van der Waals surface area contributed by atoms with E-state index in [4.69, 9.17) is 0 Å². The Bertz CT molecular complexity index is 1410. The van der Waals surface area contributed by atoms with Gasteiger partial charge in [0.25, 0.3) is 0 Å². The van der Waals surface area contributed by atoms with E-state index in [0.717, 1.165) is 47.9 Å². The summed E-state index contributed by atoms with van der Waals surface area (Å²) in [6, 6.07) is 38.5. The standard InChI is InChI=1S/C39H43N3O3/c43-36(28-31-18-8-2-9-19-31)41-35(38(45)40-27-26-30-16-6-1-7-17-30)29-37(44)42-39(32-20-10-3-11-21-32,33-22-12-4-13-23-33)34-24-14-5-15-25-34/h1,3-7,10-17,20-25,31,35H,2,8-9,18-19,26-29H2,(H,40,45)(H,41,43)(H,42,44). The number of nitrogens with one attached hydrogen (secondary N) is 3. The highest BCUT2D eigenvalue weighted by molar-refractivity contribution is 5.92. The monoisotopic (exact) mass is 601 g/mol. The molecule has 1 fully saturated rings. The molecule has 6 heteroatoms. The number of rotatable bonds is 13. The van der Waals surface area contributed by atoms with Gasteiger partial charge in [-0.3, -0.25) is 14.4 Å². The van der Waals surface area contributed by atoms with Gasteiger partial charge >= 0.3 is 0 Å². The minimum Gasteiger partial charge on any atom is -0.354 e. The smallest absolute Gasteiger partial charge is 0.243 e. The van der Waals surface area contributed by atoms with Crippen molar-refractivity contribution in [3.05, 3.63) is 144 Å². The average Bonchev–Trinajstić information content (AvgIpc) is 3.09. The molecule has 1 saturated carbocycles. The van der Waals surface area contributed by atoms with Gasteiger partial charge in [-0.1, -0.05) is 141 Å². The average molecular weight is 602 g/mol. The molecule has 0 aromatic heterocycles. The number of carbonyl (C=O) groups excluding carboxylic acids is 3. The van der Waals surface area contributed by atoms with Gasteiger partial charge in [-0.05, 0) is 47.4 Å². The maximum Gasteiger partial charge on any atom is 0.243 e. The summed E-state index contributed by atoms with van der Waals surface area (Å²) in [6.07, 6.45) is 6.34. The van der Waals surface area contributed by atoms with Crippen molar-refractivity contribution in [2.24, 2.45) is 5.92 Å². The first kappa shape index (κ1) is 31.7. The quantitative estimate of drug-likeness (QED) is 0.157. The Morgan fingerprint density at radius 1 is 0.644 bits per heavy atom. The summed E-state index contributed by atoms with van der Waals surface area (Å²) < 4.78 is 0. The second kappa shape index (κ2) is 15.8. The van der Waals surface area contributed by atoms with Crippen LogP contribution in [-0.2, 0) is 26.3 Å². The first-order chi connectivity index (χ1) is 22.0. The van der Waals surface area contributed by atoms with Gasteiger partial charge in [0.1, 0.15) is 11.6 Å². The molecule has 3 N–H and O–H groups in total. The molecule has 0 bridgehead atoms. The minimum absolute atomic E-state index is 0.182. The van der Waals surface area contributed by atoms with Crippen LogP contribution in [-0.4, -0.2) is 30.3 Å². The Kier molecular flexibility index (Phi) is 11.2. The van der Waals surface area contributed by atoms with E-state index in [2.05, 4.69) is 16.0 Å². The van der Waals surface area contributed by atoms with Crippen LogP contribution in [0, 0.1) is 5.92 Å². The summed E-state index contributed by atoms with van der Waals surface area (Å²) in [6.45, 7) is 0.404. The van der Waals surface area contributed by atoms with Crippen molar-refractivity contribution >= 4 is 17.7 Å². The normalized spacial score (nSPS) is 14.2. The van der Waals surface area contributed by atoms with Gasteiger partial charge < -0.3 is 16.0 Å². The van der Waals surface area contributed by atoms with Gasteiger partial charge in [0.2, 0.25) is 17.7 Å². The van der Waals surface area contributed by atoms with E-state index in [1.54, 1.807) is 0 Å². The van der Waals surface area contributed by atoms with Crippen LogP contribution in [0.2, 0.25) is 0 Å². The van der Waals surface area contributed by atoms with E-state index < -0.39 is 11.6 Å². The van der Waals surface area contributed by atoms with Crippen LogP contribution < -0.4 is 16.0 Å². The maximum absolute atomic E-state index is 14.1. The summed E-state index contributed by atoms with van der Waals surface area (Å²) in [5.74, 6) is -0.565. The third-order valence-corrected chi connectivity index (χ3v) is 8.74. The summed E-state index contributed by atoms with van der Waals surface area (Å²) in [7, 11) is 0. The van der Waals surface area contributed by atoms with Crippen LogP contribution in [0.4, 0.5) is 0 Å². The Morgan fingerprint density at radius 2 is 1.13 bits per heavy atom. The third-order valence-electron chi connectivity index (χ3n) is 8.74. The molecule has 0 spiro atoms. The SMILES string of the molecule is O=C(CC1CCCCC1)NC(CC(=O)NC(c1ccccc1)(c1ccccc1)c1ccccc1)C(=O)NCCc1ccccc1. The Labute approximate surface area is 266 Å². The fourth-order valence-electron chi connectivity index (χ4n) is 6.44. The van der Waals surface area contributed by atoms with Crippen molar-refractivity contribution < 1.29 is 14.4 Å². The summed E-state index contributed by atoms with van der Waals surface area (Å²) in [5, 5.41) is 9.24. The van der Waals surface area contributed by atoms with E-state index in [0.29, 0.717) is 25.3 Å². The van der Waals surface area contributed by atoms with Gasteiger partial charge in [-0.25, -0.2) is 0 Å². The molecule has 1 aliphatic rings. The molecule has 1 unspecified atom stereocenters. The van der Waals surface area contributed by atoms with Gasteiger partial charge in [0, 0.05) is 13.0 Å². The first-order valence-electron chi connectivity index (χ1n) is 16.1. The lowest BCUT2D eigenvalue weighted by atomic mass is 9.77. The molecule has 1 atom stereocenters. The van der Waals surface area contributed by atoms with Crippen molar-refractivity contribution in [3.8, 4) is 0 Å². The molecular formula is C39H43N3O3. The molecule has 232 valence electrons. The van der Waals surface area contributed by atoms with Crippen molar-refractivity contribution in [1.29, 1.82) is 0 Å². The lowest BCUT2D eigenvalue weighted by Crippen LogP contribution is -2.53. The first-order valence-corrected chi connectivity index (χ1v) is 16.1. The van der Waals surface area contributed by atoms with Gasteiger partial charge in [-0.15, -0.1) is 0 Å². The van der Waals surface area contributed by atoms with E-state index in [1.807, 2.05) is 121 Å². The van der Waals surface area contributed by atoms with Crippen LogP contribution in [0.15, 0.2) is 121 Å². The molecule has 3 amide bonds. The lowest BCUT2D eigenvalue weighted by molar-refractivity contribution is -0.132. The van der Waals surface area contributed by atoms with Gasteiger partial charge in [0.15, 0.2) is 0 Å². The van der Waals surface area contributed by atoms with E-state index in [9.17, 15) is 14.4 Å². The largest absolute Gasteiger partial charge is 0.354 e. The zero-order valence-electron chi connectivity index (χ0n) is 25.8. The van der Waals surface area contributed by atoms with Crippen molar-refractivity contribution in [2.45, 2.75) is 62.9 Å². The molecule has 4 aromatic carbocycles. The molecule has 0 heterocycles.